The number of hydrogen-bond donors (Lipinski definition) is 1. The highest BCUT2D eigenvalue weighted by Crippen LogP contribution is 2.06. The molecule has 1 N–H and O–H groups in total. The summed E-state index contributed by atoms with van der Waals surface area (Å²) in [5, 5.41) is 8.54. The maximum atomic E-state index is 10.9. The molecule has 1 atom stereocenters. The van der Waals surface area contributed by atoms with Crippen LogP contribution in [0, 0.1) is 0 Å². The summed E-state index contributed by atoms with van der Waals surface area (Å²) in [6, 6.07) is 6.00. The van der Waals surface area contributed by atoms with Crippen molar-refractivity contribution < 1.29 is 14.1 Å². The SMILES string of the molecule is C[S@](=O)c1ccc(C(=O)O)cc1. The molecule has 1 rings (SSSR count). The smallest absolute Gasteiger partial charge is 0.335 e. The number of rotatable bonds is 2. The van der Waals surface area contributed by atoms with E-state index >= 15 is 0 Å². The van der Waals surface area contributed by atoms with Crippen LogP contribution in [0.15, 0.2) is 29.2 Å². The number of carbonyl (C=O) groups is 1. The van der Waals surface area contributed by atoms with Gasteiger partial charge in [0.25, 0.3) is 0 Å². The summed E-state index contributed by atoms with van der Waals surface area (Å²) in [4.78, 5) is 11.0. The predicted molar refractivity (Wildman–Crippen MR) is 45.7 cm³/mol. The van der Waals surface area contributed by atoms with E-state index in [1.54, 1.807) is 18.4 Å². The van der Waals surface area contributed by atoms with E-state index in [4.69, 9.17) is 5.11 Å². The first kappa shape index (κ1) is 8.93. The quantitative estimate of drug-likeness (QED) is 0.749. The Morgan fingerprint density at radius 3 is 2.17 bits per heavy atom. The van der Waals surface area contributed by atoms with Crippen molar-refractivity contribution in [2.45, 2.75) is 4.90 Å². The highest BCUT2D eigenvalue weighted by atomic mass is 32.2. The summed E-state index contributed by atoms with van der Waals surface area (Å²) in [5.41, 5.74) is 0.212. The van der Waals surface area contributed by atoms with Crippen LogP contribution in [-0.4, -0.2) is 21.5 Å². The van der Waals surface area contributed by atoms with Crippen molar-refractivity contribution >= 4 is 16.8 Å². The summed E-state index contributed by atoms with van der Waals surface area (Å²) in [6.45, 7) is 0. The highest BCUT2D eigenvalue weighted by molar-refractivity contribution is 7.84. The van der Waals surface area contributed by atoms with Gasteiger partial charge in [0.15, 0.2) is 0 Å². The van der Waals surface area contributed by atoms with E-state index in [1.807, 2.05) is 0 Å². The molecule has 64 valence electrons. The fraction of sp³-hybridized carbons (Fsp3) is 0.125. The van der Waals surface area contributed by atoms with Crippen LogP contribution in [0.5, 0.6) is 0 Å². The van der Waals surface area contributed by atoms with Crippen molar-refractivity contribution in [3.8, 4) is 0 Å². The molecule has 1 aromatic rings. The van der Waals surface area contributed by atoms with E-state index in [2.05, 4.69) is 0 Å². The van der Waals surface area contributed by atoms with Crippen molar-refractivity contribution in [1.29, 1.82) is 0 Å². The molecule has 0 aromatic heterocycles. The van der Waals surface area contributed by atoms with Gasteiger partial charge in [0.2, 0.25) is 0 Å². The Morgan fingerprint density at radius 1 is 1.33 bits per heavy atom. The van der Waals surface area contributed by atoms with Crippen LogP contribution < -0.4 is 0 Å². The lowest BCUT2D eigenvalue weighted by molar-refractivity contribution is 0.0697. The summed E-state index contributed by atoms with van der Waals surface area (Å²) >= 11 is 0. The zero-order chi connectivity index (χ0) is 9.14. The van der Waals surface area contributed by atoms with Gasteiger partial charge in [-0.05, 0) is 24.3 Å². The van der Waals surface area contributed by atoms with E-state index < -0.39 is 16.8 Å². The average Bonchev–Trinajstić information content (AvgIpc) is 2.04. The van der Waals surface area contributed by atoms with E-state index in [1.165, 1.54) is 12.1 Å². The molecule has 0 amide bonds. The fourth-order valence-corrected chi connectivity index (χ4v) is 1.31. The van der Waals surface area contributed by atoms with Gasteiger partial charge in [-0.25, -0.2) is 4.79 Å². The molecule has 0 aliphatic carbocycles. The first-order valence-electron chi connectivity index (χ1n) is 3.28. The van der Waals surface area contributed by atoms with Gasteiger partial charge < -0.3 is 5.11 Å². The maximum Gasteiger partial charge on any atom is 0.335 e. The first-order valence-corrected chi connectivity index (χ1v) is 4.84. The average molecular weight is 184 g/mol. The number of aromatic carboxylic acids is 1. The Bertz CT molecular complexity index is 283. The Hall–Kier alpha value is -1.16. The third-order valence-corrected chi connectivity index (χ3v) is 2.37. The lowest BCUT2D eigenvalue weighted by atomic mass is 10.2. The van der Waals surface area contributed by atoms with Crippen molar-refractivity contribution in [2.24, 2.45) is 0 Å². The van der Waals surface area contributed by atoms with Gasteiger partial charge in [-0.3, -0.25) is 4.21 Å². The zero-order valence-corrected chi connectivity index (χ0v) is 7.30. The molecule has 0 spiro atoms. The molecular weight excluding hydrogens is 176 g/mol. The van der Waals surface area contributed by atoms with Crippen LogP contribution in [-0.2, 0) is 10.8 Å². The third-order valence-electron chi connectivity index (χ3n) is 1.43. The number of hydrogen-bond acceptors (Lipinski definition) is 2. The molecule has 3 nitrogen and oxygen atoms in total. The Balaban J connectivity index is 3.01. The van der Waals surface area contributed by atoms with Crippen LogP contribution >= 0.6 is 0 Å². The lowest BCUT2D eigenvalue weighted by Gasteiger charge is -1.96. The largest absolute Gasteiger partial charge is 0.478 e. The lowest BCUT2D eigenvalue weighted by Crippen LogP contribution is -1.96. The van der Waals surface area contributed by atoms with Gasteiger partial charge >= 0.3 is 5.97 Å². The van der Waals surface area contributed by atoms with Gasteiger partial charge in [-0.2, -0.15) is 0 Å². The van der Waals surface area contributed by atoms with E-state index in [9.17, 15) is 9.00 Å². The van der Waals surface area contributed by atoms with Crippen molar-refractivity contribution in [1.82, 2.24) is 0 Å². The summed E-state index contributed by atoms with van der Waals surface area (Å²) in [7, 11) is -1.04. The molecular formula is C8H8O3S. The van der Waals surface area contributed by atoms with Crippen molar-refractivity contribution in [3.05, 3.63) is 29.8 Å². The molecule has 0 aliphatic heterocycles. The Kier molecular flexibility index (Phi) is 2.60. The molecule has 0 radical (unpaired) electrons. The van der Waals surface area contributed by atoms with Crippen molar-refractivity contribution in [3.63, 3.8) is 0 Å². The second-order valence-electron chi connectivity index (χ2n) is 2.28. The Labute approximate surface area is 72.5 Å². The molecule has 4 heteroatoms. The number of carboxylic acid groups (broad SMARTS) is 1. The monoisotopic (exact) mass is 184 g/mol. The van der Waals surface area contributed by atoms with E-state index in [0.717, 1.165) is 0 Å². The molecule has 0 fully saturated rings. The summed E-state index contributed by atoms with van der Waals surface area (Å²) < 4.78 is 10.9. The molecule has 0 bridgehead atoms. The molecule has 0 aliphatic rings. The molecule has 0 saturated carbocycles. The zero-order valence-electron chi connectivity index (χ0n) is 6.48. The second-order valence-corrected chi connectivity index (χ2v) is 3.66. The van der Waals surface area contributed by atoms with Crippen LogP contribution in [0.1, 0.15) is 10.4 Å². The highest BCUT2D eigenvalue weighted by Gasteiger charge is 2.02. The van der Waals surface area contributed by atoms with Crippen molar-refractivity contribution in [2.75, 3.05) is 6.26 Å². The van der Waals surface area contributed by atoms with Crippen LogP contribution in [0.25, 0.3) is 0 Å². The molecule has 1 aromatic carbocycles. The van der Waals surface area contributed by atoms with Gasteiger partial charge in [-0.15, -0.1) is 0 Å². The summed E-state index contributed by atoms with van der Waals surface area (Å²) in [5.74, 6) is -0.969. The van der Waals surface area contributed by atoms with Crippen LogP contribution in [0.2, 0.25) is 0 Å². The van der Waals surface area contributed by atoms with E-state index in [0.29, 0.717) is 4.90 Å². The van der Waals surface area contributed by atoms with Gasteiger partial charge in [0.05, 0.1) is 5.56 Å². The van der Waals surface area contributed by atoms with Gasteiger partial charge in [0.1, 0.15) is 0 Å². The maximum absolute atomic E-state index is 10.9. The number of carboxylic acids is 1. The fourth-order valence-electron chi connectivity index (χ4n) is 0.789. The molecule has 12 heavy (non-hydrogen) atoms. The molecule has 0 heterocycles. The van der Waals surface area contributed by atoms with Crippen LogP contribution in [0.4, 0.5) is 0 Å². The molecule has 0 saturated heterocycles. The topological polar surface area (TPSA) is 54.4 Å². The number of benzene rings is 1. The van der Waals surface area contributed by atoms with Gasteiger partial charge in [-0.1, -0.05) is 0 Å². The normalized spacial score (nSPS) is 12.4. The van der Waals surface area contributed by atoms with Gasteiger partial charge in [0, 0.05) is 22.0 Å². The Morgan fingerprint density at radius 2 is 1.83 bits per heavy atom. The second kappa shape index (κ2) is 3.49. The third kappa shape index (κ3) is 1.92. The minimum Gasteiger partial charge on any atom is -0.478 e. The summed E-state index contributed by atoms with van der Waals surface area (Å²) in [6.07, 6.45) is 1.55. The minimum atomic E-state index is -1.04. The van der Waals surface area contributed by atoms with E-state index in [-0.39, 0.29) is 5.56 Å². The minimum absolute atomic E-state index is 0.212. The standard InChI is InChI=1S/C8H8O3S/c1-12(11)7-4-2-6(3-5-7)8(9)10/h2-5H,1H3,(H,9,10)/t12-/m0/s1. The first-order chi connectivity index (χ1) is 5.61. The molecule has 0 unspecified atom stereocenters. The van der Waals surface area contributed by atoms with Crippen LogP contribution in [0.3, 0.4) is 0 Å². The predicted octanol–water partition coefficient (Wildman–Crippen LogP) is 1.12.